The molecule has 0 N–H and O–H groups in total. The van der Waals surface area contributed by atoms with Crippen molar-refractivity contribution in [3.8, 4) is 0 Å². The van der Waals surface area contributed by atoms with Crippen LogP contribution in [0.3, 0.4) is 0 Å². The van der Waals surface area contributed by atoms with Gasteiger partial charge in [-0.15, -0.1) is 6.58 Å². The van der Waals surface area contributed by atoms with Crippen LogP contribution in [0.5, 0.6) is 0 Å². The predicted octanol–water partition coefficient (Wildman–Crippen LogP) is 1.75. The van der Waals surface area contributed by atoms with E-state index < -0.39 is 6.09 Å². The molecule has 6 heteroatoms. The number of carbonyl (C=O) groups is 2. The normalized spacial score (nSPS) is 27.7. The lowest BCUT2D eigenvalue weighted by molar-refractivity contribution is -0.145. The summed E-state index contributed by atoms with van der Waals surface area (Å²) in [7, 11) is 1.34. The van der Waals surface area contributed by atoms with Crippen LogP contribution in [0.2, 0.25) is 0 Å². The van der Waals surface area contributed by atoms with E-state index in [1.54, 1.807) is 11.0 Å². The highest BCUT2D eigenvalue weighted by Gasteiger charge is 2.44. The molecule has 0 radical (unpaired) electrons. The molecule has 3 atom stereocenters. The number of rotatable bonds is 3. The minimum atomic E-state index is -0.395. The van der Waals surface area contributed by atoms with Crippen molar-refractivity contribution in [3.63, 3.8) is 0 Å². The molecule has 0 aliphatic carbocycles. The Morgan fingerprint density at radius 2 is 2.24 bits per heavy atom. The van der Waals surface area contributed by atoms with Crippen LogP contribution in [-0.4, -0.2) is 46.7 Å². The SMILES string of the molecule is C=CC[C@@H]1[C@@H](I)[C@@H](OC(C)=O)CN1C(=O)OC. The smallest absolute Gasteiger partial charge is 0.409 e. The Balaban J connectivity index is 2.80. The van der Waals surface area contributed by atoms with Gasteiger partial charge in [0.05, 0.1) is 23.6 Å². The molecule has 0 aromatic rings. The van der Waals surface area contributed by atoms with Crippen molar-refractivity contribution in [2.75, 3.05) is 13.7 Å². The first kappa shape index (κ1) is 14.3. The molecule has 17 heavy (non-hydrogen) atoms. The van der Waals surface area contributed by atoms with Crippen LogP contribution >= 0.6 is 22.6 Å². The molecule has 1 rings (SSSR count). The number of alkyl halides is 1. The Bertz CT molecular complexity index is 321. The van der Waals surface area contributed by atoms with Crippen molar-refractivity contribution in [2.24, 2.45) is 0 Å². The van der Waals surface area contributed by atoms with E-state index in [4.69, 9.17) is 9.47 Å². The van der Waals surface area contributed by atoms with Gasteiger partial charge in [-0.25, -0.2) is 4.79 Å². The van der Waals surface area contributed by atoms with Crippen LogP contribution in [0.4, 0.5) is 4.79 Å². The highest BCUT2D eigenvalue weighted by atomic mass is 127. The zero-order valence-electron chi connectivity index (χ0n) is 9.89. The number of likely N-dealkylation sites (tertiary alicyclic amines) is 1. The third kappa shape index (κ3) is 3.34. The number of nitrogens with zero attached hydrogens (tertiary/aromatic N) is 1. The van der Waals surface area contributed by atoms with Gasteiger partial charge in [0.2, 0.25) is 0 Å². The molecular weight excluding hydrogens is 337 g/mol. The average molecular weight is 353 g/mol. The van der Waals surface area contributed by atoms with Crippen LogP contribution < -0.4 is 0 Å². The van der Waals surface area contributed by atoms with Crippen LogP contribution in [0.1, 0.15) is 13.3 Å². The van der Waals surface area contributed by atoms with E-state index in [0.717, 1.165) is 0 Å². The van der Waals surface area contributed by atoms with Gasteiger partial charge in [0.15, 0.2) is 0 Å². The first-order valence-electron chi connectivity index (χ1n) is 5.28. The molecule has 5 nitrogen and oxygen atoms in total. The molecule has 1 heterocycles. The van der Waals surface area contributed by atoms with Gasteiger partial charge in [-0.2, -0.15) is 0 Å². The Morgan fingerprint density at radius 1 is 1.59 bits per heavy atom. The summed E-state index contributed by atoms with van der Waals surface area (Å²) in [6, 6.07) is -0.0371. The lowest BCUT2D eigenvalue weighted by atomic mass is 10.1. The van der Waals surface area contributed by atoms with E-state index in [2.05, 4.69) is 29.2 Å². The van der Waals surface area contributed by atoms with Crippen LogP contribution in [-0.2, 0) is 14.3 Å². The molecule has 0 saturated carbocycles. The van der Waals surface area contributed by atoms with E-state index >= 15 is 0 Å². The molecule has 1 amide bonds. The Kier molecular flexibility index (Phi) is 5.23. The molecule has 1 fully saturated rings. The van der Waals surface area contributed by atoms with E-state index in [0.29, 0.717) is 13.0 Å². The van der Waals surface area contributed by atoms with Gasteiger partial charge in [0, 0.05) is 6.92 Å². The second-order valence-corrected chi connectivity index (χ2v) is 5.24. The van der Waals surface area contributed by atoms with Gasteiger partial charge in [0.1, 0.15) is 6.10 Å². The summed E-state index contributed by atoms with van der Waals surface area (Å²) in [5, 5.41) is 0. The minimum Gasteiger partial charge on any atom is -0.459 e. The van der Waals surface area contributed by atoms with Gasteiger partial charge < -0.3 is 9.47 Å². The van der Waals surface area contributed by atoms with E-state index in [-0.39, 0.29) is 22.0 Å². The quantitative estimate of drug-likeness (QED) is 0.336. The molecule has 0 bridgehead atoms. The van der Waals surface area contributed by atoms with Crippen molar-refractivity contribution in [1.29, 1.82) is 0 Å². The average Bonchev–Trinajstić information content (AvgIpc) is 2.57. The summed E-state index contributed by atoms with van der Waals surface area (Å²) in [6.45, 7) is 5.42. The Labute approximate surface area is 114 Å². The van der Waals surface area contributed by atoms with Crippen molar-refractivity contribution in [1.82, 2.24) is 4.90 Å². The summed E-state index contributed by atoms with van der Waals surface area (Å²) in [4.78, 5) is 24.2. The van der Waals surface area contributed by atoms with Crippen molar-refractivity contribution < 1.29 is 19.1 Å². The number of esters is 1. The Morgan fingerprint density at radius 3 is 2.71 bits per heavy atom. The van der Waals surface area contributed by atoms with E-state index in [9.17, 15) is 9.59 Å². The zero-order valence-corrected chi connectivity index (χ0v) is 12.0. The van der Waals surface area contributed by atoms with Crippen LogP contribution in [0.25, 0.3) is 0 Å². The highest BCUT2D eigenvalue weighted by molar-refractivity contribution is 14.1. The molecule has 96 valence electrons. The second-order valence-electron chi connectivity index (χ2n) is 3.81. The van der Waals surface area contributed by atoms with Gasteiger partial charge in [-0.3, -0.25) is 9.69 Å². The number of amides is 1. The van der Waals surface area contributed by atoms with Gasteiger partial charge in [-0.1, -0.05) is 28.7 Å². The molecule has 1 saturated heterocycles. The molecular formula is C11H16INO4. The highest BCUT2D eigenvalue weighted by Crippen LogP contribution is 2.30. The van der Waals surface area contributed by atoms with Crippen molar-refractivity contribution in [3.05, 3.63) is 12.7 Å². The maximum absolute atomic E-state index is 11.6. The third-order valence-electron chi connectivity index (χ3n) is 2.63. The van der Waals surface area contributed by atoms with Crippen LogP contribution in [0, 0.1) is 0 Å². The third-order valence-corrected chi connectivity index (χ3v) is 4.27. The fraction of sp³-hybridized carbons (Fsp3) is 0.636. The summed E-state index contributed by atoms with van der Waals surface area (Å²) in [5.41, 5.74) is 0. The van der Waals surface area contributed by atoms with Crippen LogP contribution in [0.15, 0.2) is 12.7 Å². The molecule has 0 aromatic heterocycles. The summed E-state index contributed by atoms with van der Waals surface area (Å²) < 4.78 is 9.97. The number of halogens is 1. The summed E-state index contributed by atoms with van der Waals surface area (Å²) in [5.74, 6) is -0.333. The summed E-state index contributed by atoms with van der Waals surface area (Å²) >= 11 is 2.20. The standard InChI is InChI=1S/C11H16INO4/c1-4-5-8-10(12)9(17-7(2)14)6-13(8)11(15)16-3/h4,8-10H,1,5-6H2,2-3H3/t8-,9+,10-/m1/s1. The monoisotopic (exact) mass is 353 g/mol. The topological polar surface area (TPSA) is 55.8 Å². The lowest BCUT2D eigenvalue weighted by Crippen LogP contribution is -2.37. The van der Waals surface area contributed by atoms with Gasteiger partial charge >= 0.3 is 12.1 Å². The number of hydrogen-bond acceptors (Lipinski definition) is 4. The molecule has 1 aliphatic rings. The fourth-order valence-corrected chi connectivity index (χ4v) is 2.98. The molecule has 0 aromatic carbocycles. The molecule has 0 spiro atoms. The number of methoxy groups -OCH3 is 1. The van der Waals surface area contributed by atoms with E-state index in [1.807, 2.05) is 0 Å². The van der Waals surface area contributed by atoms with Crippen molar-refractivity contribution >= 4 is 34.7 Å². The Hall–Kier alpha value is -0.790. The lowest BCUT2D eigenvalue weighted by Gasteiger charge is -2.23. The van der Waals surface area contributed by atoms with Gasteiger partial charge in [0.25, 0.3) is 0 Å². The number of ether oxygens (including phenoxy) is 2. The molecule has 1 aliphatic heterocycles. The first-order valence-corrected chi connectivity index (χ1v) is 6.52. The fourth-order valence-electron chi connectivity index (χ4n) is 1.92. The molecule has 0 unspecified atom stereocenters. The second kappa shape index (κ2) is 6.23. The van der Waals surface area contributed by atoms with E-state index in [1.165, 1.54) is 14.0 Å². The first-order chi connectivity index (χ1) is 8.01. The maximum atomic E-state index is 11.6. The maximum Gasteiger partial charge on any atom is 0.409 e. The minimum absolute atomic E-state index is 0.0371. The predicted molar refractivity (Wildman–Crippen MR) is 71.1 cm³/mol. The number of hydrogen-bond donors (Lipinski definition) is 0. The van der Waals surface area contributed by atoms with Gasteiger partial charge in [-0.05, 0) is 6.42 Å². The largest absolute Gasteiger partial charge is 0.459 e. The number of carbonyl (C=O) groups excluding carboxylic acids is 2. The zero-order chi connectivity index (χ0) is 13.0. The summed E-state index contributed by atoms with van der Waals surface area (Å²) in [6.07, 6.45) is 1.73. The van der Waals surface area contributed by atoms with Crippen molar-refractivity contribution in [2.45, 2.75) is 29.4 Å².